The van der Waals surface area contributed by atoms with E-state index in [0.717, 1.165) is 66.9 Å². The Morgan fingerprint density at radius 1 is 0.373 bits per heavy atom. The molecule has 12 aromatic rings. The maximum Gasteiger partial charge on any atom is 0.227 e. The minimum atomic E-state index is 0.599. The number of rotatable bonds is 6. The van der Waals surface area contributed by atoms with Gasteiger partial charge in [-0.05, 0) is 128 Å². The minimum absolute atomic E-state index is 0.599. The lowest BCUT2D eigenvalue weighted by Gasteiger charge is -2.26. The third kappa shape index (κ3) is 5.63. The molecule has 0 amide bonds. The maximum atomic E-state index is 6.35. The fraction of sp³-hybridized carbons (Fsp3) is 0. The topological polar surface area (TPSA) is 55.3 Å². The van der Waals surface area contributed by atoms with E-state index in [-0.39, 0.29) is 0 Å². The molecule has 0 fully saturated rings. The summed E-state index contributed by atoms with van der Waals surface area (Å²) < 4.78 is 12.5. The average molecular weight is 756 g/mol. The normalized spacial score (nSPS) is 11.7. The van der Waals surface area contributed by atoms with Crippen LogP contribution in [0.3, 0.4) is 0 Å². The van der Waals surface area contributed by atoms with Crippen LogP contribution in [0.15, 0.2) is 209 Å². The predicted octanol–water partition coefficient (Wildman–Crippen LogP) is 15.1. The van der Waals surface area contributed by atoms with Crippen LogP contribution in [-0.4, -0.2) is 9.97 Å². The van der Waals surface area contributed by atoms with Crippen LogP contribution in [0.5, 0.6) is 0 Å². The molecule has 0 saturated carbocycles. The molecule has 5 nitrogen and oxygen atoms in total. The van der Waals surface area contributed by atoms with Gasteiger partial charge in [0.05, 0.1) is 0 Å². The Hall–Kier alpha value is -8.02. The van der Waals surface area contributed by atoms with Crippen LogP contribution in [0.2, 0.25) is 0 Å². The van der Waals surface area contributed by atoms with Crippen molar-refractivity contribution >= 4 is 82.4 Å². The Labute approximate surface area is 339 Å². The van der Waals surface area contributed by atoms with Crippen molar-refractivity contribution in [3.8, 4) is 33.8 Å². The van der Waals surface area contributed by atoms with Crippen molar-refractivity contribution in [3.05, 3.63) is 200 Å². The van der Waals surface area contributed by atoms with Crippen LogP contribution in [0.25, 0.3) is 99.2 Å². The van der Waals surface area contributed by atoms with Gasteiger partial charge >= 0.3 is 0 Å². The van der Waals surface area contributed by atoms with Crippen molar-refractivity contribution in [2.45, 2.75) is 0 Å². The number of para-hydroxylation sites is 3. The molecule has 0 aliphatic heterocycles. The van der Waals surface area contributed by atoms with Crippen molar-refractivity contribution in [2.75, 3.05) is 4.90 Å². The molecule has 276 valence electrons. The number of oxazole rings is 1. The highest BCUT2D eigenvalue weighted by molar-refractivity contribution is 6.10. The summed E-state index contributed by atoms with van der Waals surface area (Å²) in [5.41, 5.74) is 11.5. The van der Waals surface area contributed by atoms with E-state index in [9.17, 15) is 0 Å². The Morgan fingerprint density at radius 3 is 1.76 bits per heavy atom. The second kappa shape index (κ2) is 13.3. The summed E-state index contributed by atoms with van der Waals surface area (Å²) >= 11 is 0. The molecule has 0 aliphatic carbocycles. The molecule has 0 aliphatic rings. The number of benzene rings is 9. The van der Waals surface area contributed by atoms with E-state index in [0.29, 0.717) is 5.89 Å². The van der Waals surface area contributed by atoms with E-state index in [4.69, 9.17) is 18.8 Å². The first-order valence-corrected chi connectivity index (χ1v) is 19.8. The van der Waals surface area contributed by atoms with Crippen LogP contribution in [0, 0.1) is 0 Å². The number of hydrogen-bond acceptors (Lipinski definition) is 5. The van der Waals surface area contributed by atoms with E-state index < -0.39 is 0 Å². The van der Waals surface area contributed by atoms with Crippen LogP contribution >= 0.6 is 0 Å². The van der Waals surface area contributed by atoms with Gasteiger partial charge in [0, 0.05) is 45.2 Å². The standard InChI is InChI=1S/C54H33N3O2/c1-2-8-37-31-38(14-13-34(37)7-1)39-21-27-45-40(32-39)15-16-41-33-44(26-28-46(41)45)57(43-24-19-36(20-25-43)54-56-49-10-4-6-12-51(49)59-54)42-22-17-35(18-23-42)52-53-48(29-30-55-52)47-9-3-5-11-50(47)58-53/h1-33H. The number of anilines is 3. The van der Waals surface area contributed by atoms with Gasteiger partial charge in [0.1, 0.15) is 16.8 Å². The molecule has 0 N–H and O–H groups in total. The van der Waals surface area contributed by atoms with Crippen molar-refractivity contribution in [2.24, 2.45) is 0 Å². The van der Waals surface area contributed by atoms with Crippen molar-refractivity contribution in [1.82, 2.24) is 9.97 Å². The lowest BCUT2D eigenvalue weighted by Crippen LogP contribution is -2.10. The average Bonchev–Trinajstić information content (AvgIpc) is 3.91. The molecule has 0 atom stereocenters. The third-order valence-electron chi connectivity index (χ3n) is 11.5. The molecular formula is C54H33N3O2. The van der Waals surface area contributed by atoms with Gasteiger partial charge in [-0.15, -0.1) is 0 Å². The quantitative estimate of drug-likeness (QED) is 0.158. The smallest absolute Gasteiger partial charge is 0.227 e. The molecule has 0 saturated heterocycles. The summed E-state index contributed by atoms with van der Waals surface area (Å²) in [6.45, 7) is 0. The summed E-state index contributed by atoms with van der Waals surface area (Å²) in [5.74, 6) is 0.599. The first-order valence-electron chi connectivity index (χ1n) is 19.8. The SMILES string of the molecule is c1ccc2cc(-c3ccc4c(ccc5cc(N(c6ccc(-c7nc8ccccc8o7)cc6)c6ccc(-c7nccc8c7oc7ccccc78)cc6)ccc54)c3)ccc2c1. The van der Waals surface area contributed by atoms with Crippen LogP contribution < -0.4 is 4.90 Å². The van der Waals surface area contributed by atoms with Crippen molar-refractivity contribution < 1.29 is 8.83 Å². The number of hydrogen-bond donors (Lipinski definition) is 0. The van der Waals surface area contributed by atoms with Crippen LogP contribution in [-0.2, 0) is 0 Å². The lowest BCUT2D eigenvalue weighted by molar-refractivity contribution is 0.620. The molecule has 9 aromatic carbocycles. The van der Waals surface area contributed by atoms with Gasteiger partial charge in [0.2, 0.25) is 5.89 Å². The highest BCUT2D eigenvalue weighted by Crippen LogP contribution is 2.41. The summed E-state index contributed by atoms with van der Waals surface area (Å²) in [4.78, 5) is 11.8. The van der Waals surface area contributed by atoms with Gasteiger partial charge < -0.3 is 13.7 Å². The van der Waals surface area contributed by atoms with Crippen LogP contribution in [0.1, 0.15) is 0 Å². The van der Waals surface area contributed by atoms with Gasteiger partial charge in [-0.1, -0.05) is 109 Å². The summed E-state index contributed by atoms with van der Waals surface area (Å²) in [5, 5.41) is 9.46. The first-order chi connectivity index (χ1) is 29.2. The Balaban J connectivity index is 0.945. The van der Waals surface area contributed by atoms with Crippen molar-refractivity contribution in [1.29, 1.82) is 0 Å². The van der Waals surface area contributed by atoms with E-state index in [1.807, 2.05) is 54.7 Å². The van der Waals surface area contributed by atoms with E-state index in [1.54, 1.807) is 0 Å². The molecule has 0 radical (unpaired) electrons. The minimum Gasteiger partial charge on any atom is -0.454 e. The van der Waals surface area contributed by atoms with Gasteiger partial charge in [-0.3, -0.25) is 4.98 Å². The summed E-state index contributed by atoms with van der Waals surface area (Å²) in [6, 6.07) is 68.3. The second-order valence-corrected chi connectivity index (χ2v) is 15.0. The molecule has 3 aromatic heterocycles. The zero-order valence-electron chi connectivity index (χ0n) is 31.7. The molecule has 3 heterocycles. The summed E-state index contributed by atoms with van der Waals surface area (Å²) in [6.07, 6.45) is 1.86. The Bertz CT molecular complexity index is 3530. The fourth-order valence-corrected chi connectivity index (χ4v) is 8.57. The van der Waals surface area contributed by atoms with Gasteiger partial charge in [0.25, 0.3) is 0 Å². The molecular weight excluding hydrogens is 723 g/mol. The molecule has 0 spiro atoms. The third-order valence-corrected chi connectivity index (χ3v) is 11.5. The first kappa shape index (κ1) is 33.2. The number of pyridine rings is 1. The van der Waals surface area contributed by atoms with Crippen LogP contribution in [0.4, 0.5) is 17.1 Å². The Kier molecular flexibility index (Phi) is 7.47. The highest BCUT2D eigenvalue weighted by atomic mass is 16.3. The number of aromatic nitrogens is 2. The zero-order valence-corrected chi connectivity index (χ0v) is 31.7. The maximum absolute atomic E-state index is 6.35. The van der Waals surface area contributed by atoms with E-state index >= 15 is 0 Å². The molecule has 59 heavy (non-hydrogen) atoms. The fourth-order valence-electron chi connectivity index (χ4n) is 8.57. The number of furan rings is 1. The second-order valence-electron chi connectivity index (χ2n) is 15.0. The van der Waals surface area contributed by atoms with Gasteiger partial charge in [-0.25, -0.2) is 4.98 Å². The van der Waals surface area contributed by atoms with Gasteiger partial charge in [-0.2, -0.15) is 0 Å². The zero-order chi connectivity index (χ0) is 38.9. The summed E-state index contributed by atoms with van der Waals surface area (Å²) in [7, 11) is 0. The lowest BCUT2D eigenvalue weighted by atomic mass is 9.96. The Morgan fingerprint density at radius 2 is 0.966 bits per heavy atom. The van der Waals surface area contributed by atoms with Gasteiger partial charge in [0.15, 0.2) is 11.2 Å². The molecule has 5 heteroatoms. The van der Waals surface area contributed by atoms with Crippen molar-refractivity contribution in [3.63, 3.8) is 0 Å². The number of nitrogens with zero attached hydrogens (tertiary/aromatic N) is 3. The highest BCUT2D eigenvalue weighted by Gasteiger charge is 2.18. The largest absolute Gasteiger partial charge is 0.454 e. The van der Waals surface area contributed by atoms with E-state index in [2.05, 4.69) is 150 Å². The van der Waals surface area contributed by atoms with E-state index in [1.165, 1.54) is 43.4 Å². The monoisotopic (exact) mass is 755 g/mol. The molecule has 12 rings (SSSR count). The molecule has 0 bridgehead atoms. The molecule has 0 unspecified atom stereocenters. The predicted molar refractivity (Wildman–Crippen MR) is 243 cm³/mol. The number of fused-ring (bicyclic) bond motifs is 8.